The zero-order valence-electron chi connectivity index (χ0n) is 17.5. The van der Waals surface area contributed by atoms with Crippen molar-refractivity contribution in [2.24, 2.45) is 0 Å². The molecule has 9 nitrogen and oxygen atoms in total. The number of benzene rings is 1. The van der Waals surface area contributed by atoms with Crippen LogP contribution in [0.15, 0.2) is 34.7 Å². The number of piperazine rings is 1. The Bertz CT molecular complexity index is 955. The topological polar surface area (TPSA) is 93.2 Å². The van der Waals surface area contributed by atoms with Gasteiger partial charge in [0, 0.05) is 38.2 Å². The number of tetrazole rings is 1. The molecule has 0 spiro atoms. The molecule has 0 N–H and O–H groups in total. The van der Waals surface area contributed by atoms with Gasteiger partial charge in [0.1, 0.15) is 5.76 Å². The van der Waals surface area contributed by atoms with E-state index in [1.807, 2.05) is 49.1 Å². The maximum absolute atomic E-state index is 12.5. The summed E-state index contributed by atoms with van der Waals surface area (Å²) in [5.41, 5.74) is 1.88. The summed E-state index contributed by atoms with van der Waals surface area (Å²) in [7, 11) is 0. The van der Waals surface area contributed by atoms with E-state index in [2.05, 4.69) is 25.3 Å². The second kappa shape index (κ2) is 9.17. The first kappa shape index (κ1) is 20.2. The fourth-order valence-electron chi connectivity index (χ4n) is 3.52. The van der Waals surface area contributed by atoms with Gasteiger partial charge in [-0.1, -0.05) is 30.3 Å². The van der Waals surface area contributed by atoms with Crippen LogP contribution in [0, 0.1) is 13.8 Å². The highest BCUT2D eigenvalue weighted by Crippen LogP contribution is 2.14. The highest BCUT2D eigenvalue weighted by molar-refractivity contribution is 5.76. The Morgan fingerprint density at radius 2 is 1.87 bits per heavy atom. The molecule has 1 saturated heterocycles. The van der Waals surface area contributed by atoms with E-state index < -0.39 is 0 Å². The van der Waals surface area contributed by atoms with Crippen LogP contribution in [0.25, 0.3) is 11.4 Å². The van der Waals surface area contributed by atoms with E-state index >= 15 is 0 Å². The molecule has 1 fully saturated rings. The first-order chi connectivity index (χ1) is 14.6. The van der Waals surface area contributed by atoms with Crippen molar-refractivity contribution >= 4 is 5.91 Å². The first-order valence-corrected chi connectivity index (χ1v) is 10.3. The summed E-state index contributed by atoms with van der Waals surface area (Å²) < 4.78 is 5.66. The third-order valence-corrected chi connectivity index (χ3v) is 5.39. The highest BCUT2D eigenvalue weighted by Gasteiger charge is 2.22. The molecule has 1 aliphatic rings. The summed E-state index contributed by atoms with van der Waals surface area (Å²) in [6.45, 7) is 8.28. The average Bonchev–Trinajstić information content (AvgIpc) is 3.35. The number of carbonyl (C=O) groups is 1. The van der Waals surface area contributed by atoms with Gasteiger partial charge in [-0.25, -0.2) is 4.98 Å². The molecule has 2 aromatic heterocycles. The van der Waals surface area contributed by atoms with Crippen LogP contribution in [0.4, 0.5) is 0 Å². The number of carbonyl (C=O) groups excluding carboxylic acids is 1. The molecular formula is C21H27N7O2. The minimum absolute atomic E-state index is 0.181. The highest BCUT2D eigenvalue weighted by atomic mass is 16.4. The maximum Gasteiger partial charge on any atom is 0.222 e. The van der Waals surface area contributed by atoms with Crippen molar-refractivity contribution in [3.05, 3.63) is 47.7 Å². The van der Waals surface area contributed by atoms with E-state index in [4.69, 9.17) is 4.42 Å². The fourth-order valence-corrected chi connectivity index (χ4v) is 3.52. The summed E-state index contributed by atoms with van der Waals surface area (Å²) in [4.78, 5) is 22.8. The molecule has 0 aliphatic carbocycles. The zero-order chi connectivity index (χ0) is 20.9. The standard InChI is InChI=1S/C21H27N7O2/c1-16-17(2)30-19(22-16)15-26-11-13-27(14-12-26)20(29)9-6-10-28-24-21(23-25-28)18-7-4-3-5-8-18/h3-5,7-8H,6,9-15H2,1-2H3. The molecule has 3 heterocycles. The van der Waals surface area contributed by atoms with Crippen LogP contribution < -0.4 is 0 Å². The quantitative estimate of drug-likeness (QED) is 0.590. The number of amides is 1. The van der Waals surface area contributed by atoms with Gasteiger partial charge in [0.2, 0.25) is 17.6 Å². The number of aryl methyl sites for hydroxylation is 3. The molecule has 0 atom stereocenters. The van der Waals surface area contributed by atoms with Gasteiger partial charge in [0.15, 0.2) is 0 Å². The Labute approximate surface area is 175 Å². The van der Waals surface area contributed by atoms with Gasteiger partial charge in [0.05, 0.1) is 18.8 Å². The minimum atomic E-state index is 0.181. The molecule has 9 heteroatoms. The van der Waals surface area contributed by atoms with Crippen molar-refractivity contribution in [2.45, 2.75) is 39.8 Å². The lowest BCUT2D eigenvalue weighted by Crippen LogP contribution is -2.48. The molecule has 30 heavy (non-hydrogen) atoms. The Morgan fingerprint density at radius 1 is 1.10 bits per heavy atom. The second-order valence-corrected chi connectivity index (χ2v) is 7.58. The van der Waals surface area contributed by atoms with Gasteiger partial charge in [0.25, 0.3) is 0 Å². The van der Waals surface area contributed by atoms with Crippen molar-refractivity contribution in [1.82, 2.24) is 35.0 Å². The van der Waals surface area contributed by atoms with Crippen molar-refractivity contribution < 1.29 is 9.21 Å². The lowest BCUT2D eigenvalue weighted by atomic mass is 10.2. The second-order valence-electron chi connectivity index (χ2n) is 7.58. The SMILES string of the molecule is Cc1nc(CN2CCN(C(=O)CCCn3nnc(-c4ccccc4)n3)CC2)oc1C. The average molecular weight is 409 g/mol. The Balaban J connectivity index is 1.19. The summed E-state index contributed by atoms with van der Waals surface area (Å²) in [5.74, 6) is 2.41. The molecule has 1 aliphatic heterocycles. The van der Waals surface area contributed by atoms with Crippen molar-refractivity contribution in [2.75, 3.05) is 26.2 Å². The van der Waals surface area contributed by atoms with Crippen LogP contribution >= 0.6 is 0 Å². The van der Waals surface area contributed by atoms with Crippen molar-refractivity contribution in [3.8, 4) is 11.4 Å². The van der Waals surface area contributed by atoms with Gasteiger partial charge < -0.3 is 9.32 Å². The van der Waals surface area contributed by atoms with Crippen molar-refractivity contribution in [3.63, 3.8) is 0 Å². The molecular weight excluding hydrogens is 382 g/mol. The summed E-state index contributed by atoms with van der Waals surface area (Å²) in [6.07, 6.45) is 1.18. The summed E-state index contributed by atoms with van der Waals surface area (Å²) in [5, 5.41) is 12.6. The van der Waals surface area contributed by atoms with Crippen molar-refractivity contribution in [1.29, 1.82) is 0 Å². The van der Waals surface area contributed by atoms with Gasteiger partial charge >= 0.3 is 0 Å². The third kappa shape index (κ3) is 4.91. The Hall–Kier alpha value is -3.07. The zero-order valence-corrected chi connectivity index (χ0v) is 17.5. The predicted octanol–water partition coefficient (Wildman–Crippen LogP) is 2.07. The van der Waals surface area contributed by atoms with E-state index in [9.17, 15) is 4.79 Å². The van der Waals surface area contributed by atoms with Crippen LogP contribution in [-0.2, 0) is 17.9 Å². The summed E-state index contributed by atoms with van der Waals surface area (Å²) >= 11 is 0. The lowest BCUT2D eigenvalue weighted by Gasteiger charge is -2.34. The molecule has 0 radical (unpaired) electrons. The minimum Gasteiger partial charge on any atom is -0.444 e. The summed E-state index contributed by atoms with van der Waals surface area (Å²) in [6, 6.07) is 9.75. The lowest BCUT2D eigenvalue weighted by molar-refractivity contribution is -0.133. The van der Waals surface area contributed by atoms with Crippen LogP contribution in [0.3, 0.4) is 0 Å². The Morgan fingerprint density at radius 3 is 2.57 bits per heavy atom. The molecule has 4 rings (SSSR count). The van der Waals surface area contributed by atoms with E-state index in [0.717, 1.165) is 49.1 Å². The maximum atomic E-state index is 12.5. The molecule has 1 aromatic carbocycles. The molecule has 0 unspecified atom stereocenters. The molecule has 1 amide bonds. The Kier molecular flexibility index (Phi) is 6.18. The van der Waals surface area contributed by atoms with Crippen LogP contribution in [0.1, 0.15) is 30.2 Å². The number of hydrogen-bond acceptors (Lipinski definition) is 7. The predicted molar refractivity (Wildman–Crippen MR) is 110 cm³/mol. The fraction of sp³-hybridized carbons (Fsp3) is 0.476. The number of hydrogen-bond donors (Lipinski definition) is 0. The first-order valence-electron chi connectivity index (χ1n) is 10.3. The van der Waals surface area contributed by atoms with E-state index in [1.165, 1.54) is 0 Å². The van der Waals surface area contributed by atoms with Crippen LogP contribution in [-0.4, -0.2) is 67.1 Å². The van der Waals surface area contributed by atoms with E-state index in [1.54, 1.807) is 4.80 Å². The van der Waals surface area contributed by atoms with Crippen LogP contribution in [0.5, 0.6) is 0 Å². The molecule has 0 saturated carbocycles. The number of nitrogens with zero attached hydrogens (tertiary/aromatic N) is 7. The monoisotopic (exact) mass is 409 g/mol. The largest absolute Gasteiger partial charge is 0.444 e. The smallest absolute Gasteiger partial charge is 0.222 e. The molecule has 158 valence electrons. The number of aromatic nitrogens is 5. The molecule has 3 aromatic rings. The van der Waals surface area contributed by atoms with E-state index in [0.29, 0.717) is 31.8 Å². The van der Waals surface area contributed by atoms with Gasteiger partial charge in [-0.3, -0.25) is 9.69 Å². The number of rotatable bonds is 7. The van der Waals surface area contributed by atoms with Crippen LogP contribution in [0.2, 0.25) is 0 Å². The third-order valence-electron chi connectivity index (χ3n) is 5.39. The van der Waals surface area contributed by atoms with Gasteiger partial charge in [-0.15, -0.1) is 10.2 Å². The van der Waals surface area contributed by atoms with E-state index in [-0.39, 0.29) is 5.91 Å². The van der Waals surface area contributed by atoms with Gasteiger partial charge in [-0.05, 0) is 25.5 Å². The molecule has 0 bridgehead atoms. The number of oxazole rings is 1. The van der Waals surface area contributed by atoms with Gasteiger partial charge in [-0.2, -0.15) is 4.80 Å². The normalized spacial score (nSPS) is 14.9.